The van der Waals surface area contributed by atoms with E-state index >= 15 is 0 Å². The summed E-state index contributed by atoms with van der Waals surface area (Å²) in [6.07, 6.45) is 0.309. The van der Waals surface area contributed by atoms with Crippen LogP contribution >= 0.6 is 27.3 Å². The van der Waals surface area contributed by atoms with Gasteiger partial charge in [-0.1, -0.05) is 29.5 Å². The molecule has 1 N–H and O–H groups in total. The lowest BCUT2D eigenvalue weighted by atomic mass is 10.1. The molecule has 0 unspecified atom stereocenters. The molecule has 0 bridgehead atoms. The van der Waals surface area contributed by atoms with Crippen LogP contribution < -0.4 is 10.1 Å². The van der Waals surface area contributed by atoms with Crippen molar-refractivity contribution in [1.82, 2.24) is 4.98 Å². The van der Waals surface area contributed by atoms with Gasteiger partial charge in [-0.15, -0.1) is 0 Å². The first-order valence-electron chi connectivity index (χ1n) is 7.22. The van der Waals surface area contributed by atoms with Gasteiger partial charge in [0, 0.05) is 4.47 Å². The maximum absolute atomic E-state index is 12.2. The fraction of sp³-hybridized carbons (Fsp3) is 0.176. The molecule has 0 fully saturated rings. The van der Waals surface area contributed by atoms with Crippen molar-refractivity contribution in [2.75, 3.05) is 11.9 Å². The third kappa shape index (κ3) is 3.89. The van der Waals surface area contributed by atoms with Crippen molar-refractivity contribution < 1.29 is 9.53 Å². The van der Waals surface area contributed by atoms with Gasteiger partial charge in [0.1, 0.15) is 5.75 Å². The molecule has 0 radical (unpaired) electrons. The third-order valence-electron chi connectivity index (χ3n) is 3.22. The van der Waals surface area contributed by atoms with E-state index in [0.29, 0.717) is 18.2 Å². The molecule has 3 aromatic rings. The highest BCUT2D eigenvalue weighted by Gasteiger charge is 2.10. The Bertz CT molecular complexity index is 830. The summed E-state index contributed by atoms with van der Waals surface area (Å²) in [5.74, 6) is 0.733. The standard InChI is InChI=1S/C17H15BrN2O2S/c1-2-22-12-8-6-11(7-9-12)10-15(21)19-17-20-16-13(18)4-3-5-14(16)23-17/h3-9H,2,10H2,1H3,(H,19,20,21). The number of aromatic nitrogens is 1. The molecule has 0 aliphatic rings. The van der Waals surface area contributed by atoms with E-state index in [0.717, 1.165) is 26.0 Å². The largest absolute Gasteiger partial charge is 0.494 e. The Kier molecular flexibility index (Phi) is 4.93. The van der Waals surface area contributed by atoms with Crippen LogP contribution in [0.5, 0.6) is 5.75 Å². The lowest BCUT2D eigenvalue weighted by Crippen LogP contribution is -2.14. The van der Waals surface area contributed by atoms with Gasteiger partial charge in [0.2, 0.25) is 5.91 Å². The second kappa shape index (κ2) is 7.10. The zero-order chi connectivity index (χ0) is 16.2. The molecule has 118 valence electrons. The Hall–Kier alpha value is -1.92. The Labute approximate surface area is 146 Å². The molecular formula is C17H15BrN2O2S. The number of fused-ring (bicyclic) bond motifs is 1. The monoisotopic (exact) mass is 390 g/mol. The van der Waals surface area contributed by atoms with E-state index in [2.05, 4.69) is 26.2 Å². The molecule has 6 heteroatoms. The minimum atomic E-state index is -0.0793. The van der Waals surface area contributed by atoms with Crippen LogP contribution in [0.4, 0.5) is 5.13 Å². The summed E-state index contributed by atoms with van der Waals surface area (Å²) in [6, 6.07) is 13.4. The zero-order valence-corrected chi connectivity index (χ0v) is 14.9. The summed E-state index contributed by atoms with van der Waals surface area (Å²) in [4.78, 5) is 16.6. The van der Waals surface area contributed by atoms with Gasteiger partial charge in [0.15, 0.2) is 5.13 Å². The predicted molar refractivity (Wildman–Crippen MR) is 97.3 cm³/mol. The molecule has 2 aromatic carbocycles. The maximum Gasteiger partial charge on any atom is 0.230 e. The van der Waals surface area contributed by atoms with Gasteiger partial charge in [-0.05, 0) is 52.7 Å². The Morgan fingerprint density at radius 2 is 2.04 bits per heavy atom. The molecule has 1 amide bonds. The third-order valence-corrected chi connectivity index (χ3v) is 4.79. The van der Waals surface area contributed by atoms with Crippen molar-refractivity contribution in [2.24, 2.45) is 0 Å². The van der Waals surface area contributed by atoms with Crippen LogP contribution in [0, 0.1) is 0 Å². The zero-order valence-electron chi connectivity index (χ0n) is 12.5. The summed E-state index contributed by atoms with van der Waals surface area (Å²) < 4.78 is 7.36. The van der Waals surface area contributed by atoms with E-state index in [1.165, 1.54) is 11.3 Å². The Morgan fingerprint density at radius 3 is 2.74 bits per heavy atom. The predicted octanol–water partition coefficient (Wildman–Crippen LogP) is 4.64. The SMILES string of the molecule is CCOc1ccc(CC(=O)Nc2nc3c(Br)cccc3s2)cc1. The van der Waals surface area contributed by atoms with Crippen LogP contribution in [0.25, 0.3) is 10.2 Å². The average molecular weight is 391 g/mol. The van der Waals surface area contributed by atoms with Crippen molar-refractivity contribution in [2.45, 2.75) is 13.3 Å². The van der Waals surface area contributed by atoms with Crippen molar-refractivity contribution in [1.29, 1.82) is 0 Å². The lowest BCUT2D eigenvalue weighted by Gasteiger charge is -2.05. The van der Waals surface area contributed by atoms with E-state index < -0.39 is 0 Å². The Balaban J connectivity index is 1.67. The number of carbonyl (C=O) groups is 1. The molecule has 23 heavy (non-hydrogen) atoms. The van der Waals surface area contributed by atoms with Crippen LogP contribution in [-0.4, -0.2) is 17.5 Å². The topological polar surface area (TPSA) is 51.2 Å². The first kappa shape index (κ1) is 16.0. The normalized spacial score (nSPS) is 10.7. The average Bonchev–Trinajstić information content (AvgIpc) is 2.93. The number of thiazole rings is 1. The second-order valence-electron chi connectivity index (χ2n) is 4.91. The number of benzene rings is 2. The van der Waals surface area contributed by atoms with Crippen LogP contribution in [0.15, 0.2) is 46.9 Å². The minimum absolute atomic E-state index is 0.0793. The molecule has 0 spiro atoms. The summed E-state index contributed by atoms with van der Waals surface area (Å²) in [5, 5.41) is 3.48. The second-order valence-corrected chi connectivity index (χ2v) is 6.79. The summed E-state index contributed by atoms with van der Waals surface area (Å²) >= 11 is 4.94. The summed E-state index contributed by atoms with van der Waals surface area (Å²) in [5.41, 5.74) is 1.81. The molecule has 0 atom stereocenters. The van der Waals surface area contributed by atoms with E-state index in [1.54, 1.807) is 0 Å². The molecule has 3 rings (SSSR count). The fourth-order valence-corrected chi connectivity index (χ4v) is 3.68. The van der Waals surface area contributed by atoms with Crippen molar-refractivity contribution in [3.8, 4) is 5.75 Å². The number of nitrogens with one attached hydrogen (secondary N) is 1. The van der Waals surface area contributed by atoms with Crippen LogP contribution in [0.3, 0.4) is 0 Å². The maximum atomic E-state index is 12.2. The number of carbonyl (C=O) groups excluding carboxylic acids is 1. The first-order valence-corrected chi connectivity index (χ1v) is 8.83. The van der Waals surface area contributed by atoms with E-state index in [9.17, 15) is 4.79 Å². The van der Waals surface area contributed by atoms with Gasteiger partial charge >= 0.3 is 0 Å². The number of rotatable bonds is 5. The summed E-state index contributed by atoms with van der Waals surface area (Å²) in [6.45, 7) is 2.57. The number of para-hydroxylation sites is 1. The number of hydrogen-bond acceptors (Lipinski definition) is 4. The number of hydrogen-bond donors (Lipinski definition) is 1. The molecule has 4 nitrogen and oxygen atoms in total. The number of ether oxygens (including phenoxy) is 1. The molecule has 0 aliphatic heterocycles. The summed E-state index contributed by atoms with van der Waals surface area (Å²) in [7, 11) is 0. The Morgan fingerprint density at radius 1 is 1.26 bits per heavy atom. The van der Waals surface area contributed by atoms with Crippen LogP contribution in [-0.2, 0) is 11.2 Å². The molecule has 0 saturated heterocycles. The minimum Gasteiger partial charge on any atom is -0.494 e. The molecular weight excluding hydrogens is 376 g/mol. The van der Waals surface area contributed by atoms with Gasteiger partial charge in [-0.25, -0.2) is 4.98 Å². The van der Waals surface area contributed by atoms with Crippen molar-refractivity contribution >= 4 is 48.5 Å². The van der Waals surface area contributed by atoms with E-state index in [1.807, 2.05) is 49.4 Å². The highest BCUT2D eigenvalue weighted by atomic mass is 79.9. The van der Waals surface area contributed by atoms with E-state index in [-0.39, 0.29) is 5.91 Å². The van der Waals surface area contributed by atoms with Gasteiger partial charge in [0.05, 0.1) is 23.2 Å². The number of amides is 1. The fourth-order valence-electron chi connectivity index (χ4n) is 2.19. The number of anilines is 1. The van der Waals surface area contributed by atoms with Crippen LogP contribution in [0.2, 0.25) is 0 Å². The highest BCUT2D eigenvalue weighted by molar-refractivity contribution is 9.10. The first-order chi connectivity index (χ1) is 11.2. The van der Waals surface area contributed by atoms with Gasteiger partial charge in [0.25, 0.3) is 0 Å². The number of halogens is 1. The van der Waals surface area contributed by atoms with Crippen molar-refractivity contribution in [3.05, 3.63) is 52.5 Å². The van der Waals surface area contributed by atoms with Gasteiger partial charge in [-0.3, -0.25) is 4.79 Å². The molecule has 1 aromatic heterocycles. The van der Waals surface area contributed by atoms with Crippen LogP contribution in [0.1, 0.15) is 12.5 Å². The number of nitrogens with zero attached hydrogens (tertiary/aromatic N) is 1. The molecule has 0 aliphatic carbocycles. The highest BCUT2D eigenvalue weighted by Crippen LogP contribution is 2.30. The smallest absolute Gasteiger partial charge is 0.230 e. The van der Waals surface area contributed by atoms with Gasteiger partial charge < -0.3 is 10.1 Å². The van der Waals surface area contributed by atoms with E-state index in [4.69, 9.17) is 4.74 Å². The van der Waals surface area contributed by atoms with Gasteiger partial charge in [-0.2, -0.15) is 0 Å². The molecule has 1 heterocycles. The quantitative estimate of drug-likeness (QED) is 0.690. The molecule has 0 saturated carbocycles. The lowest BCUT2D eigenvalue weighted by molar-refractivity contribution is -0.115. The van der Waals surface area contributed by atoms with Crippen molar-refractivity contribution in [3.63, 3.8) is 0 Å².